The van der Waals surface area contributed by atoms with Gasteiger partial charge in [0.25, 0.3) is 16.8 Å². The summed E-state index contributed by atoms with van der Waals surface area (Å²) < 4.78 is 291. The summed E-state index contributed by atoms with van der Waals surface area (Å²) in [6, 6.07) is 0. The van der Waals surface area contributed by atoms with Crippen molar-refractivity contribution in [1.29, 1.82) is 0 Å². The van der Waals surface area contributed by atoms with Crippen molar-refractivity contribution < 1.29 is 117 Å². The summed E-state index contributed by atoms with van der Waals surface area (Å²) in [5.41, 5.74) is -20.4. The topological polar surface area (TPSA) is 68.2 Å². The predicted octanol–water partition coefficient (Wildman–Crippen LogP) is 13.1. The van der Waals surface area contributed by atoms with E-state index in [1.807, 2.05) is 0 Å². The molecule has 0 aromatic carbocycles. The van der Waals surface area contributed by atoms with Crippen LogP contribution >= 0.6 is 0 Å². The zero-order chi connectivity index (χ0) is 49.1. The summed E-state index contributed by atoms with van der Waals surface area (Å²) in [4.78, 5) is 0. The van der Waals surface area contributed by atoms with Crippen LogP contribution in [0.3, 0.4) is 0 Å². The first-order valence-electron chi connectivity index (χ1n) is 18.5. The quantitative estimate of drug-likeness (QED) is 0.112. The molecule has 0 radical (unpaired) electrons. The number of ether oxygens (including phenoxy) is 3. The molecule has 0 amide bonds. The monoisotopic (exact) mass is 950 g/mol. The Bertz CT molecular complexity index is 1280. The van der Waals surface area contributed by atoms with Crippen LogP contribution in [0.5, 0.6) is 0 Å². The molecular formula is C35H51F21O5. The highest BCUT2D eigenvalue weighted by molar-refractivity contribution is 5.01. The van der Waals surface area contributed by atoms with E-state index in [4.69, 9.17) is 4.74 Å². The third kappa shape index (κ3) is 14.7. The second kappa shape index (κ2) is 19.8. The Balaban J connectivity index is 0.00000124. The number of hydrogen-bond donors (Lipinski definition) is 2. The van der Waals surface area contributed by atoms with E-state index in [-0.39, 0.29) is 38.5 Å². The third-order valence-corrected chi connectivity index (χ3v) is 10.6. The van der Waals surface area contributed by atoms with E-state index in [2.05, 4.69) is 9.47 Å². The molecule has 26 heteroatoms. The maximum Gasteiger partial charge on any atom is 0.426 e. The smallest absolute Gasteiger partial charge is 0.381 e. The molecule has 0 heterocycles. The molecular weight excluding hydrogens is 899 g/mol. The molecule has 1 saturated carbocycles. The van der Waals surface area contributed by atoms with Gasteiger partial charge in [-0.25, -0.2) is 0 Å². The standard InChI is InChI=1S/C20H28F12O3.C15H23F9O2/c1-4-11(2)9-16(19(27,28)29,20(30,31)32)35-10-34-14-8-12(3)7-13(14)5-6-15(33,17(21,22)23)18(24,25)26;1-6-9(2)7-12(14(19,20)21,15(22,23)24)26-10(3,4)8-11(5,25)13(16,17)18/h11-14,33H,4-10H2,1-3H3;9,25H,6-8H2,1-5H3. The van der Waals surface area contributed by atoms with Crippen LogP contribution in [-0.4, -0.2) is 94.3 Å². The fourth-order valence-electron chi connectivity index (χ4n) is 6.79. The molecule has 2 N–H and O–H groups in total. The highest BCUT2D eigenvalue weighted by Gasteiger charge is 2.75. The van der Waals surface area contributed by atoms with Crippen molar-refractivity contribution >= 4 is 0 Å². The number of hydrogen-bond acceptors (Lipinski definition) is 5. The maximum absolute atomic E-state index is 13.5. The van der Waals surface area contributed by atoms with Crippen molar-refractivity contribution in [2.24, 2.45) is 23.7 Å². The number of aliphatic hydroxyl groups is 2. The second-order valence-corrected chi connectivity index (χ2v) is 16.6. The predicted molar refractivity (Wildman–Crippen MR) is 173 cm³/mol. The molecule has 1 rings (SSSR count). The lowest BCUT2D eigenvalue weighted by Crippen LogP contribution is -2.63. The summed E-state index contributed by atoms with van der Waals surface area (Å²) >= 11 is 0. The van der Waals surface area contributed by atoms with Crippen LogP contribution in [0.1, 0.15) is 113 Å². The molecule has 0 aromatic rings. The van der Waals surface area contributed by atoms with Crippen molar-refractivity contribution in [1.82, 2.24) is 0 Å². The zero-order valence-corrected chi connectivity index (χ0v) is 34.0. The molecule has 0 aromatic heterocycles. The van der Waals surface area contributed by atoms with Crippen molar-refractivity contribution in [2.75, 3.05) is 6.79 Å². The van der Waals surface area contributed by atoms with Crippen LogP contribution in [0.4, 0.5) is 92.2 Å². The molecule has 1 aliphatic carbocycles. The molecule has 6 atom stereocenters. The number of alkyl halides is 21. The largest absolute Gasteiger partial charge is 0.426 e. The molecule has 1 aliphatic rings. The summed E-state index contributed by atoms with van der Waals surface area (Å²) in [5, 5.41) is 18.7. The Morgan fingerprint density at radius 3 is 1.26 bits per heavy atom. The van der Waals surface area contributed by atoms with Crippen molar-refractivity contribution in [3.63, 3.8) is 0 Å². The summed E-state index contributed by atoms with van der Waals surface area (Å²) in [7, 11) is 0. The number of halogens is 21. The van der Waals surface area contributed by atoms with Crippen molar-refractivity contribution in [2.45, 2.75) is 191 Å². The Labute approximate surface area is 338 Å². The molecule has 61 heavy (non-hydrogen) atoms. The Kier molecular flexibility index (Phi) is 19.3. The average Bonchev–Trinajstić information content (AvgIpc) is 3.36. The van der Waals surface area contributed by atoms with Crippen LogP contribution in [0.15, 0.2) is 0 Å². The van der Waals surface area contributed by atoms with Crippen LogP contribution in [0, 0.1) is 23.7 Å². The van der Waals surface area contributed by atoms with E-state index in [0.29, 0.717) is 13.8 Å². The van der Waals surface area contributed by atoms with Crippen LogP contribution < -0.4 is 0 Å². The molecule has 6 unspecified atom stereocenters. The first-order valence-corrected chi connectivity index (χ1v) is 18.5. The Morgan fingerprint density at radius 1 is 0.557 bits per heavy atom. The van der Waals surface area contributed by atoms with E-state index in [1.54, 1.807) is 0 Å². The van der Waals surface area contributed by atoms with Gasteiger partial charge in [-0.05, 0) is 83.0 Å². The van der Waals surface area contributed by atoms with Gasteiger partial charge in [-0.2, -0.15) is 92.2 Å². The Morgan fingerprint density at radius 2 is 0.934 bits per heavy atom. The molecule has 0 aliphatic heterocycles. The van der Waals surface area contributed by atoms with E-state index in [0.717, 1.165) is 13.8 Å². The van der Waals surface area contributed by atoms with Gasteiger partial charge in [0.1, 0.15) is 6.79 Å². The van der Waals surface area contributed by atoms with Gasteiger partial charge in [0.05, 0.1) is 11.7 Å². The Hall–Kier alpha value is -1.67. The fraction of sp³-hybridized carbons (Fsp3) is 1.00. The third-order valence-electron chi connectivity index (χ3n) is 10.6. The van der Waals surface area contributed by atoms with E-state index >= 15 is 0 Å². The maximum atomic E-state index is 13.5. The number of rotatable bonds is 17. The minimum absolute atomic E-state index is 0.00693. The molecule has 5 nitrogen and oxygen atoms in total. The SMILES string of the molecule is CCC(C)CC(OC(C)(C)CC(C)(O)C(F)(F)F)(C(F)(F)F)C(F)(F)F.CCC(C)CC(OCOC1CC(C)CC1CCC(O)(C(F)(F)F)C(F)(F)F)(C(F)(F)F)C(F)(F)F. The summed E-state index contributed by atoms with van der Waals surface area (Å²) in [6.45, 7) is 6.62. The normalized spacial score (nSPS) is 21.8. The first kappa shape index (κ1) is 59.3. The van der Waals surface area contributed by atoms with Gasteiger partial charge in [0, 0.05) is 6.42 Å². The van der Waals surface area contributed by atoms with Gasteiger partial charge in [-0.15, -0.1) is 0 Å². The highest BCUT2D eigenvalue weighted by atomic mass is 19.4. The summed E-state index contributed by atoms with van der Waals surface area (Å²) in [5.74, 6) is -3.58. The molecule has 0 bridgehead atoms. The minimum Gasteiger partial charge on any atom is -0.381 e. The fourth-order valence-corrected chi connectivity index (χ4v) is 6.79. The molecule has 0 saturated heterocycles. The van der Waals surface area contributed by atoms with Crippen molar-refractivity contribution in [3.05, 3.63) is 0 Å². The van der Waals surface area contributed by atoms with Crippen LogP contribution in [-0.2, 0) is 14.2 Å². The lowest BCUT2D eigenvalue weighted by molar-refractivity contribution is -0.409. The average molecular weight is 951 g/mol. The van der Waals surface area contributed by atoms with E-state index in [9.17, 15) is 102 Å². The molecule has 0 spiro atoms. The van der Waals surface area contributed by atoms with Crippen LogP contribution in [0.25, 0.3) is 0 Å². The molecule has 1 fully saturated rings. The minimum atomic E-state index is -6.05. The van der Waals surface area contributed by atoms with Crippen LogP contribution in [0.2, 0.25) is 0 Å². The molecule has 368 valence electrons. The first-order chi connectivity index (χ1) is 26.6. The second-order valence-electron chi connectivity index (χ2n) is 16.6. The lowest BCUT2D eigenvalue weighted by Gasteiger charge is -2.45. The van der Waals surface area contributed by atoms with Gasteiger partial charge >= 0.3 is 43.2 Å². The zero-order valence-electron chi connectivity index (χ0n) is 34.0. The van der Waals surface area contributed by atoms with E-state index < -0.39 is 134 Å². The van der Waals surface area contributed by atoms with Gasteiger partial charge < -0.3 is 24.4 Å². The van der Waals surface area contributed by atoms with Gasteiger partial charge in [-0.1, -0.05) is 47.5 Å². The van der Waals surface area contributed by atoms with E-state index in [1.165, 1.54) is 20.8 Å². The van der Waals surface area contributed by atoms with Gasteiger partial charge in [-0.3, -0.25) is 0 Å². The van der Waals surface area contributed by atoms with Gasteiger partial charge in [0.2, 0.25) is 0 Å². The summed E-state index contributed by atoms with van der Waals surface area (Å²) in [6.07, 6.45) is -49.5. The highest BCUT2D eigenvalue weighted by Crippen LogP contribution is 2.54. The van der Waals surface area contributed by atoms with Crippen molar-refractivity contribution in [3.8, 4) is 0 Å². The van der Waals surface area contributed by atoms with Gasteiger partial charge in [0.15, 0.2) is 5.60 Å². The lowest BCUT2D eigenvalue weighted by atomic mass is 9.85.